The molecular formula is C24H16BrN3O2. The normalized spacial score (nSPS) is 11.0. The molecule has 5 nitrogen and oxygen atoms in total. The highest BCUT2D eigenvalue weighted by atomic mass is 79.9. The number of nitrogens with zero attached hydrogens (tertiary/aromatic N) is 1. The summed E-state index contributed by atoms with van der Waals surface area (Å²) in [7, 11) is 0. The van der Waals surface area contributed by atoms with Crippen molar-refractivity contribution < 1.29 is 9.53 Å². The van der Waals surface area contributed by atoms with Crippen molar-refractivity contribution in [2.24, 2.45) is 0 Å². The third kappa shape index (κ3) is 3.53. The van der Waals surface area contributed by atoms with Gasteiger partial charge >= 0.3 is 0 Å². The summed E-state index contributed by atoms with van der Waals surface area (Å²) in [6.07, 6.45) is 3.55. The van der Waals surface area contributed by atoms with Crippen LogP contribution in [0.4, 0.5) is 5.69 Å². The Morgan fingerprint density at radius 2 is 1.83 bits per heavy atom. The van der Waals surface area contributed by atoms with Crippen LogP contribution in [0.25, 0.3) is 21.8 Å². The van der Waals surface area contributed by atoms with Crippen LogP contribution in [0, 0.1) is 0 Å². The number of ether oxygens (including phenoxy) is 1. The van der Waals surface area contributed by atoms with Crippen LogP contribution in [-0.4, -0.2) is 15.9 Å². The molecule has 0 saturated carbocycles. The zero-order valence-electron chi connectivity index (χ0n) is 15.7. The van der Waals surface area contributed by atoms with Gasteiger partial charge in [-0.15, -0.1) is 0 Å². The first-order chi connectivity index (χ1) is 14.7. The number of aromatic amines is 1. The van der Waals surface area contributed by atoms with Gasteiger partial charge in [-0.1, -0.05) is 28.1 Å². The third-order valence-electron chi connectivity index (χ3n) is 4.85. The average Bonchev–Trinajstić information content (AvgIpc) is 3.24. The highest BCUT2D eigenvalue weighted by Gasteiger charge is 2.10. The maximum absolute atomic E-state index is 12.6. The summed E-state index contributed by atoms with van der Waals surface area (Å²) >= 11 is 3.39. The second kappa shape index (κ2) is 7.65. The van der Waals surface area contributed by atoms with Gasteiger partial charge in [-0.3, -0.25) is 4.79 Å². The van der Waals surface area contributed by atoms with Crippen LogP contribution < -0.4 is 10.1 Å². The molecule has 0 atom stereocenters. The summed E-state index contributed by atoms with van der Waals surface area (Å²) in [5.74, 6) is 1.30. The first kappa shape index (κ1) is 18.4. The van der Waals surface area contributed by atoms with Crippen molar-refractivity contribution in [3.8, 4) is 11.5 Å². The molecule has 0 saturated heterocycles. The fraction of sp³-hybridized carbons (Fsp3) is 0. The molecule has 0 unspecified atom stereocenters. The smallest absolute Gasteiger partial charge is 0.255 e. The summed E-state index contributed by atoms with van der Waals surface area (Å²) < 4.78 is 7.04. The molecule has 1 amide bonds. The van der Waals surface area contributed by atoms with Gasteiger partial charge in [0.1, 0.15) is 17.1 Å². The number of rotatable bonds is 4. The van der Waals surface area contributed by atoms with Gasteiger partial charge in [-0.2, -0.15) is 0 Å². The number of nitrogens with one attached hydrogen (secondary N) is 2. The van der Waals surface area contributed by atoms with Gasteiger partial charge in [0, 0.05) is 33.5 Å². The standard InChI is InChI=1S/C24H16BrN3O2/c25-17-6-4-15(5-7-17)24(29)28-21-3-1-2-16-14-18(8-9-19(16)21)30-22-11-13-27-23-20(22)10-12-26-23/h1-14H,(H,26,27)(H,28,29). The number of hydrogen-bond donors (Lipinski definition) is 2. The van der Waals surface area contributed by atoms with Crippen molar-refractivity contribution in [1.82, 2.24) is 9.97 Å². The molecule has 6 heteroatoms. The molecular weight excluding hydrogens is 442 g/mol. The van der Waals surface area contributed by atoms with Crippen molar-refractivity contribution in [3.63, 3.8) is 0 Å². The quantitative estimate of drug-likeness (QED) is 0.322. The van der Waals surface area contributed by atoms with Gasteiger partial charge in [0.25, 0.3) is 5.91 Å². The SMILES string of the molecule is O=C(Nc1cccc2cc(Oc3ccnc4[nH]ccc34)ccc12)c1ccc(Br)cc1. The Morgan fingerprint density at radius 1 is 0.967 bits per heavy atom. The molecule has 0 aliphatic carbocycles. The Kier molecular flexibility index (Phi) is 4.69. The van der Waals surface area contributed by atoms with E-state index in [0.717, 1.165) is 37.7 Å². The van der Waals surface area contributed by atoms with Crippen LogP contribution in [0.15, 0.2) is 89.7 Å². The van der Waals surface area contributed by atoms with Crippen LogP contribution in [0.5, 0.6) is 11.5 Å². The van der Waals surface area contributed by atoms with Crippen molar-refractivity contribution in [2.45, 2.75) is 0 Å². The molecule has 0 bridgehead atoms. The minimum Gasteiger partial charge on any atom is -0.457 e. The van der Waals surface area contributed by atoms with Crippen LogP contribution in [-0.2, 0) is 0 Å². The molecule has 2 N–H and O–H groups in total. The predicted molar refractivity (Wildman–Crippen MR) is 122 cm³/mol. The monoisotopic (exact) mass is 457 g/mol. The van der Waals surface area contributed by atoms with Crippen molar-refractivity contribution in [3.05, 3.63) is 95.2 Å². The van der Waals surface area contributed by atoms with Crippen LogP contribution in [0.2, 0.25) is 0 Å². The van der Waals surface area contributed by atoms with Crippen molar-refractivity contribution in [1.29, 1.82) is 0 Å². The van der Waals surface area contributed by atoms with E-state index >= 15 is 0 Å². The van der Waals surface area contributed by atoms with Crippen molar-refractivity contribution >= 4 is 49.3 Å². The first-order valence-corrected chi connectivity index (χ1v) is 10.2. The minimum atomic E-state index is -0.151. The lowest BCUT2D eigenvalue weighted by Crippen LogP contribution is -2.11. The number of fused-ring (bicyclic) bond motifs is 2. The Balaban J connectivity index is 1.44. The van der Waals surface area contributed by atoms with E-state index in [-0.39, 0.29) is 5.91 Å². The lowest BCUT2D eigenvalue weighted by atomic mass is 10.1. The number of aromatic nitrogens is 2. The van der Waals surface area contributed by atoms with Crippen molar-refractivity contribution in [2.75, 3.05) is 5.32 Å². The van der Waals surface area contributed by atoms with Crippen LogP contribution >= 0.6 is 15.9 Å². The molecule has 2 aromatic heterocycles. The van der Waals surface area contributed by atoms with Gasteiger partial charge in [0.15, 0.2) is 0 Å². The largest absolute Gasteiger partial charge is 0.457 e. The second-order valence-electron chi connectivity index (χ2n) is 6.80. The Labute approximate surface area is 180 Å². The molecule has 0 fully saturated rings. The summed E-state index contributed by atoms with van der Waals surface area (Å²) in [4.78, 5) is 20.0. The molecule has 0 aliphatic heterocycles. The van der Waals surface area contributed by atoms with E-state index in [0.29, 0.717) is 11.3 Å². The lowest BCUT2D eigenvalue weighted by Gasteiger charge is -2.11. The molecule has 2 heterocycles. The maximum atomic E-state index is 12.6. The molecule has 5 rings (SSSR count). The number of anilines is 1. The summed E-state index contributed by atoms with van der Waals surface area (Å²) in [6, 6.07) is 22.7. The lowest BCUT2D eigenvalue weighted by molar-refractivity contribution is 0.102. The number of benzene rings is 3. The highest BCUT2D eigenvalue weighted by molar-refractivity contribution is 9.10. The van der Waals surface area contributed by atoms with Crippen LogP contribution in [0.3, 0.4) is 0 Å². The number of hydrogen-bond acceptors (Lipinski definition) is 3. The number of amides is 1. The summed E-state index contributed by atoms with van der Waals surface area (Å²) in [5.41, 5.74) is 2.14. The average molecular weight is 458 g/mol. The third-order valence-corrected chi connectivity index (χ3v) is 5.38. The second-order valence-corrected chi connectivity index (χ2v) is 7.72. The fourth-order valence-electron chi connectivity index (χ4n) is 3.38. The number of carbonyl (C=O) groups excluding carboxylic acids is 1. The minimum absolute atomic E-state index is 0.151. The van der Waals surface area contributed by atoms with Crippen LogP contribution in [0.1, 0.15) is 10.4 Å². The number of H-pyrrole nitrogens is 1. The molecule has 0 radical (unpaired) electrons. The maximum Gasteiger partial charge on any atom is 0.255 e. The summed E-state index contributed by atoms with van der Waals surface area (Å²) in [6.45, 7) is 0. The molecule has 30 heavy (non-hydrogen) atoms. The van der Waals surface area contributed by atoms with Gasteiger partial charge in [-0.25, -0.2) is 4.98 Å². The predicted octanol–water partition coefficient (Wildman–Crippen LogP) is 6.52. The molecule has 146 valence electrons. The van der Waals surface area contributed by atoms with Gasteiger partial charge in [0.2, 0.25) is 0 Å². The van der Waals surface area contributed by atoms with E-state index < -0.39 is 0 Å². The Bertz CT molecular complexity index is 1380. The molecule has 0 spiro atoms. The molecule has 0 aliphatic rings. The summed E-state index contributed by atoms with van der Waals surface area (Å²) in [5, 5.41) is 5.84. The fourth-order valence-corrected chi connectivity index (χ4v) is 3.65. The van der Waals surface area contributed by atoms with Gasteiger partial charge in [-0.05, 0) is 66.0 Å². The number of pyridine rings is 1. The number of carbonyl (C=O) groups is 1. The van der Waals surface area contributed by atoms with E-state index in [9.17, 15) is 4.79 Å². The Morgan fingerprint density at radius 3 is 2.70 bits per heavy atom. The highest BCUT2D eigenvalue weighted by Crippen LogP contribution is 2.32. The first-order valence-electron chi connectivity index (χ1n) is 9.37. The Hall–Kier alpha value is -3.64. The topological polar surface area (TPSA) is 67.0 Å². The van der Waals surface area contributed by atoms with E-state index in [1.54, 1.807) is 18.3 Å². The van der Waals surface area contributed by atoms with Gasteiger partial charge < -0.3 is 15.0 Å². The molecule has 3 aromatic carbocycles. The molecule has 5 aromatic rings. The van der Waals surface area contributed by atoms with E-state index in [4.69, 9.17) is 4.74 Å². The zero-order chi connectivity index (χ0) is 20.5. The zero-order valence-corrected chi connectivity index (χ0v) is 17.3. The van der Waals surface area contributed by atoms with Gasteiger partial charge in [0.05, 0.1) is 5.39 Å². The number of halogens is 1. The van der Waals surface area contributed by atoms with E-state index in [1.807, 2.05) is 66.9 Å². The van der Waals surface area contributed by atoms with E-state index in [2.05, 4.69) is 31.2 Å². The van der Waals surface area contributed by atoms with E-state index in [1.165, 1.54) is 0 Å².